The van der Waals surface area contributed by atoms with Gasteiger partial charge in [0.25, 0.3) is 5.56 Å². The number of hydrogen-bond donors (Lipinski definition) is 1. The van der Waals surface area contributed by atoms with Gasteiger partial charge in [-0.2, -0.15) is 0 Å². The van der Waals surface area contributed by atoms with E-state index in [2.05, 4.69) is 13.2 Å². The van der Waals surface area contributed by atoms with Crippen LogP contribution in [0.1, 0.15) is 0 Å². The van der Waals surface area contributed by atoms with Crippen molar-refractivity contribution >= 4 is 0 Å². The fraction of sp³-hybridized carbons (Fsp3) is 0.0833. The summed E-state index contributed by atoms with van der Waals surface area (Å²) in [4.78, 5) is 11.5. The predicted molar refractivity (Wildman–Crippen MR) is 60.8 cm³/mol. The molecule has 3 nitrogen and oxygen atoms in total. The van der Waals surface area contributed by atoms with Crippen LogP contribution in [0.3, 0.4) is 0 Å². The standard InChI is InChI=1S/C12H13NO2/c1-3-6-10(4-2)9-13-8-5-7-11(14)12(13)15/h3-8,14H,1-2,9H2/b10-6+. The van der Waals surface area contributed by atoms with Crippen LogP contribution in [-0.4, -0.2) is 9.67 Å². The van der Waals surface area contributed by atoms with Crippen molar-refractivity contribution in [2.75, 3.05) is 0 Å². The highest BCUT2D eigenvalue weighted by molar-refractivity contribution is 5.22. The van der Waals surface area contributed by atoms with E-state index in [0.29, 0.717) is 6.54 Å². The van der Waals surface area contributed by atoms with Crippen molar-refractivity contribution in [3.8, 4) is 5.75 Å². The number of aromatic hydroxyl groups is 1. The summed E-state index contributed by atoms with van der Waals surface area (Å²) in [6, 6.07) is 2.98. The molecule has 1 heterocycles. The maximum absolute atomic E-state index is 11.5. The van der Waals surface area contributed by atoms with Crippen LogP contribution < -0.4 is 5.56 Å². The van der Waals surface area contributed by atoms with E-state index in [1.807, 2.05) is 0 Å². The van der Waals surface area contributed by atoms with Crippen molar-refractivity contribution in [3.05, 3.63) is 65.6 Å². The van der Waals surface area contributed by atoms with Gasteiger partial charge >= 0.3 is 0 Å². The number of hydrogen-bond acceptors (Lipinski definition) is 2. The summed E-state index contributed by atoms with van der Waals surface area (Å²) < 4.78 is 1.41. The molecule has 0 radical (unpaired) electrons. The second-order valence-electron chi connectivity index (χ2n) is 3.01. The van der Waals surface area contributed by atoms with Gasteiger partial charge in [0.2, 0.25) is 0 Å². The summed E-state index contributed by atoms with van der Waals surface area (Å²) in [5.74, 6) is -0.250. The molecule has 0 saturated carbocycles. The molecule has 0 aliphatic rings. The first-order valence-electron chi connectivity index (χ1n) is 4.51. The second-order valence-corrected chi connectivity index (χ2v) is 3.01. The SMILES string of the molecule is C=C/C=C(\C=C)Cn1cccc(O)c1=O. The molecule has 15 heavy (non-hydrogen) atoms. The maximum Gasteiger partial charge on any atom is 0.292 e. The lowest BCUT2D eigenvalue weighted by Crippen LogP contribution is -2.19. The summed E-state index contributed by atoms with van der Waals surface area (Å²) in [6.45, 7) is 7.58. The second kappa shape index (κ2) is 5.00. The van der Waals surface area contributed by atoms with Gasteiger partial charge in [-0.3, -0.25) is 4.79 Å². The van der Waals surface area contributed by atoms with Gasteiger partial charge in [0.15, 0.2) is 5.75 Å². The van der Waals surface area contributed by atoms with Crippen LogP contribution in [-0.2, 0) is 6.54 Å². The highest BCUT2D eigenvalue weighted by Gasteiger charge is 2.01. The molecule has 0 saturated heterocycles. The number of nitrogens with zero attached hydrogens (tertiary/aromatic N) is 1. The smallest absolute Gasteiger partial charge is 0.292 e. The van der Waals surface area contributed by atoms with E-state index in [4.69, 9.17) is 0 Å². The average Bonchev–Trinajstić information content (AvgIpc) is 2.24. The Morgan fingerprint density at radius 3 is 2.87 bits per heavy atom. The Kier molecular flexibility index (Phi) is 3.68. The van der Waals surface area contributed by atoms with E-state index in [-0.39, 0.29) is 5.75 Å². The van der Waals surface area contributed by atoms with Crippen molar-refractivity contribution in [1.82, 2.24) is 4.57 Å². The van der Waals surface area contributed by atoms with Crippen LogP contribution >= 0.6 is 0 Å². The Labute approximate surface area is 88.3 Å². The Morgan fingerprint density at radius 1 is 1.53 bits per heavy atom. The molecule has 0 amide bonds. The summed E-state index contributed by atoms with van der Waals surface area (Å²) in [7, 11) is 0. The highest BCUT2D eigenvalue weighted by atomic mass is 16.3. The normalized spacial score (nSPS) is 11.1. The zero-order valence-corrected chi connectivity index (χ0v) is 8.39. The van der Waals surface area contributed by atoms with Crippen LogP contribution in [0.5, 0.6) is 5.75 Å². The third-order valence-corrected chi connectivity index (χ3v) is 1.95. The Morgan fingerprint density at radius 2 is 2.27 bits per heavy atom. The third-order valence-electron chi connectivity index (χ3n) is 1.95. The molecule has 1 aromatic heterocycles. The monoisotopic (exact) mass is 203 g/mol. The van der Waals surface area contributed by atoms with E-state index in [1.165, 1.54) is 10.6 Å². The van der Waals surface area contributed by atoms with E-state index in [9.17, 15) is 9.90 Å². The first-order chi connectivity index (χ1) is 7.19. The van der Waals surface area contributed by atoms with E-state index in [0.717, 1.165) is 5.57 Å². The predicted octanol–water partition coefficient (Wildman–Crippen LogP) is 1.85. The van der Waals surface area contributed by atoms with Crippen molar-refractivity contribution in [1.29, 1.82) is 0 Å². The van der Waals surface area contributed by atoms with Gasteiger partial charge in [0, 0.05) is 6.20 Å². The zero-order chi connectivity index (χ0) is 11.3. The van der Waals surface area contributed by atoms with Crippen LogP contribution in [0.15, 0.2) is 60.1 Å². The van der Waals surface area contributed by atoms with Crippen LogP contribution in [0.2, 0.25) is 0 Å². The molecule has 0 bridgehead atoms. The first kappa shape index (κ1) is 11.0. The van der Waals surface area contributed by atoms with E-state index >= 15 is 0 Å². The summed E-state index contributed by atoms with van der Waals surface area (Å²) in [5.41, 5.74) is 0.451. The molecular weight excluding hydrogens is 190 g/mol. The van der Waals surface area contributed by atoms with Crippen molar-refractivity contribution in [2.45, 2.75) is 6.54 Å². The van der Waals surface area contributed by atoms with Gasteiger partial charge in [0.05, 0.1) is 6.54 Å². The minimum atomic E-state index is -0.408. The van der Waals surface area contributed by atoms with E-state index < -0.39 is 5.56 Å². The minimum absolute atomic E-state index is 0.250. The zero-order valence-electron chi connectivity index (χ0n) is 8.39. The third kappa shape index (κ3) is 2.71. The van der Waals surface area contributed by atoms with Crippen molar-refractivity contribution < 1.29 is 5.11 Å². The summed E-state index contributed by atoms with van der Waals surface area (Å²) in [6.07, 6.45) is 6.66. The van der Waals surface area contributed by atoms with Crippen LogP contribution in [0, 0.1) is 0 Å². The molecule has 0 aliphatic heterocycles. The summed E-state index contributed by atoms with van der Waals surface area (Å²) >= 11 is 0. The lowest BCUT2D eigenvalue weighted by molar-refractivity contribution is 0.459. The lowest BCUT2D eigenvalue weighted by atomic mass is 10.2. The molecule has 0 unspecified atom stereocenters. The molecule has 0 aliphatic carbocycles. The van der Waals surface area contributed by atoms with Gasteiger partial charge < -0.3 is 9.67 Å². The number of aromatic nitrogens is 1. The molecule has 0 atom stereocenters. The van der Waals surface area contributed by atoms with Gasteiger partial charge in [-0.05, 0) is 17.7 Å². The van der Waals surface area contributed by atoms with Gasteiger partial charge in [0.1, 0.15) is 0 Å². The topological polar surface area (TPSA) is 42.2 Å². The minimum Gasteiger partial charge on any atom is -0.503 e. The summed E-state index contributed by atoms with van der Waals surface area (Å²) in [5, 5.41) is 9.22. The maximum atomic E-state index is 11.5. The molecule has 0 fully saturated rings. The molecule has 1 aromatic rings. The van der Waals surface area contributed by atoms with Crippen molar-refractivity contribution in [3.63, 3.8) is 0 Å². The quantitative estimate of drug-likeness (QED) is 0.759. The van der Waals surface area contributed by atoms with Crippen LogP contribution in [0.25, 0.3) is 0 Å². The Bertz CT molecular complexity index is 455. The average molecular weight is 203 g/mol. The van der Waals surface area contributed by atoms with Gasteiger partial charge in [-0.25, -0.2) is 0 Å². The molecule has 0 spiro atoms. The highest BCUT2D eigenvalue weighted by Crippen LogP contribution is 2.03. The number of rotatable bonds is 4. The fourth-order valence-corrected chi connectivity index (χ4v) is 1.18. The lowest BCUT2D eigenvalue weighted by Gasteiger charge is -2.05. The molecule has 0 aromatic carbocycles. The molecule has 1 N–H and O–H groups in total. The van der Waals surface area contributed by atoms with Gasteiger partial charge in [-0.15, -0.1) is 0 Å². The van der Waals surface area contributed by atoms with Crippen LogP contribution in [0.4, 0.5) is 0 Å². The Hall–Kier alpha value is -2.03. The number of allylic oxidation sites excluding steroid dienone is 4. The van der Waals surface area contributed by atoms with Crippen molar-refractivity contribution in [2.24, 2.45) is 0 Å². The first-order valence-corrected chi connectivity index (χ1v) is 4.51. The van der Waals surface area contributed by atoms with Gasteiger partial charge in [-0.1, -0.05) is 31.4 Å². The largest absolute Gasteiger partial charge is 0.503 e. The fourth-order valence-electron chi connectivity index (χ4n) is 1.18. The molecule has 1 rings (SSSR count). The van der Waals surface area contributed by atoms with E-state index in [1.54, 1.807) is 30.5 Å². The molecular formula is C12H13NO2. The number of pyridine rings is 1. The molecule has 3 heteroatoms. The molecule has 78 valence electrons. The Balaban J connectivity index is 3.04.